The third-order valence-corrected chi connectivity index (χ3v) is 1.83. The van der Waals surface area contributed by atoms with Crippen LogP contribution < -0.4 is 10.1 Å². The molecule has 15 heavy (non-hydrogen) atoms. The highest BCUT2D eigenvalue weighted by Gasteiger charge is 2.06. The van der Waals surface area contributed by atoms with Gasteiger partial charge in [0, 0.05) is 13.5 Å². The smallest absolute Gasteiger partial charge is 0.188 e. The maximum atomic E-state index is 13.5. The van der Waals surface area contributed by atoms with E-state index in [0.717, 1.165) is 6.42 Å². The van der Waals surface area contributed by atoms with Crippen molar-refractivity contribution in [2.24, 2.45) is 0 Å². The van der Waals surface area contributed by atoms with Gasteiger partial charge in [0.2, 0.25) is 0 Å². The fraction of sp³-hybridized carbons (Fsp3) is 0.333. The van der Waals surface area contributed by atoms with Crippen molar-refractivity contribution in [2.75, 3.05) is 19.0 Å². The Kier molecular flexibility index (Phi) is 4.49. The molecule has 0 aliphatic heterocycles. The van der Waals surface area contributed by atoms with Gasteiger partial charge in [-0.25, -0.2) is 4.39 Å². The number of ether oxygens (including phenoxy) is 1. The highest BCUT2D eigenvalue weighted by atomic mass is 19.1. The summed E-state index contributed by atoms with van der Waals surface area (Å²) < 4.78 is 18.7. The zero-order valence-electron chi connectivity index (χ0n) is 8.93. The standard InChI is InChI=1S/C12H14FNO/c1-3-4-5-9-15-11-8-6-7-10(14-2)12(11)13/h6-8,14H,3,9H2,1-2H3. The summed E-state index contributed by atoms with van der Waals surface area (Å²) in [5.41, 5.74) is 0.427. The Labute approximate surface area is 89.4 Å². The number of halogens is 1. The molecule has 0 bridgehead atoms. The molecule has 1 N–H and O–H groups in total. The van der Waals surface area contributed by atoms with E-state index in [1.165, 1.54) is 0 Å². The summed E-state index contributed by atoms with van der Waals surface area (Å²) in [6, 6.07) is 4.97. The topological polar surface area (TPSA) is 21.3 Å². The second-order valence-electron chi connectivity index (χ2n) is 2.86. The molecule has 2 nitrogen and oxygen atoms in total. The van der Waals surface area contributed by atoms with Crippen LogP contribution in [0, 0.1) is 17.7 Å². The maximum absolute atomic E-state index is 13.5. The summed E-state index contributed by atoms with van der Waals surface area (Å²) in [4.78, 5) is 0. The lowest BCUT2D eigenvalue weighted by Gasteiger charge is -2.07. The molecule has 0 radical (unpaired) electrons. The molecule has 1 rings (SSSR count). The molecule has 0 heterocycles. The van der Waals surface area contributed by atoms with Crippen LogP contribution in [0.5, 0.6) is 5.75 Å². The Morgan fingerprint density at radius 3 is 2.87 bits per heavy atom. The minimum Gasteiger partial charge on any atom is -0.478 e. The molecule has 0 amide bonds. The lowest BCUT2D eigenvalue weighted by Crippen LogP contribution is -1.99. The average molecular weight is 207 g/mol. The molecule has 0 saturated heterocycles. The van der Waals surface area contributed by atoms with Crippen molar-refractivity contribution >= 4 is 5.69 Å². The first kappa shape index (κ1) is 11.4. The first-order valence-corrected chi connectivity index (χ1v) is 4.84. The van der Waals surface area contributed by atoms with Crippen molar-refractivity contribution in [3.05, 3.63) is 24.0 Å². The van der Waals surface area contributed by atoms with Crippen molar-refractivity contribution in [3.63, 3.8) is 0 Å². The Hall–Kier alpha value is -1.69. The van der Waals surface area contributed by atoms with Gasteiger partial charge in [0.25, 0.3) is 0 Å². The predicted molar refractivity (Wildman–Crippen MR) is 59.5 cm³/mol. The van der Waals surface area contributed by atoms with Crippen LogP contribution in [0.3, 0.4) is 0 Å². The highest BCUT2D eigenvalue weighted by molar-refractivity contribution is 5.49. The number of hydrogen-bond acceptors (Lipinski definition) is 2. The summed E-state index contributed by atoms with van der Waals surface area (Å²) in [5.74, 6) is 5.49. The molecule has 80 valence electrons. The molecule has 0 fully saturated rings. The van der Waals surface area contributed by atoms with Gasteiger partial charge in [0.05, 0.1) is 5.69 Å². The Morgan fingerprint density at radius 2 is 2.20 bits per heavy atom. The minimum atomic E-state index is -0.377. The SMILES string of the molecule is CCC#CCOc1cccc(NC)c1F. The van der Waals surface area contributed by atoms with Crippen LogP contribution in [0.25, 0.3) is 0 Å². The lowest BCUT2D eigenvalue weighted by atomic mass is 10.3. The van der Waals surface area contributed by atoms with Gasteiger partial charge in [-0.15, -0.1) is 5.92 Å². The van der Waals surface area contributed by atoms with Crippen LogP contribution in [0.2, 0.25) is 0 Å². The van der Waals surface area contributed by atoms with Gasteiger partial charge in [-0.3, -0.25) is 0 Å². The molecular formula is C12H14FNO. The zero-order valence-corrected chi connectivity index (χ0v) is 8.93. The molecule has 3 heteroatoms. The fourth-order valence-corrected chi connectivity index (χ4v) is 1.11. The van der Waals surface area contributed by atoms with Crippen molar-refractivity contribution < 1.29 is 9.13 Å². The number of benzene rings is 1. The molecule has 0 atom stereocenters. The van der Waals surface area contributed by atoms with Gasteiger partial charge in [-0.1, -0.05) is 18.9 Å². The zero-order chi connectivity index (χ0) is 11.1. The molecule has 0 aliphatic rings. The minimum absolute atomic E-state index is 0.220. The van der Waals surface area contributed by atoms with Crippen LogP contribution in [-0.4, -0.2) is 13.7 Å². The van der Waals surface area contributed by atoms with Crippen LogP contribution >= 0.6 is 0 Å². The average Bonchev–Trinajstić information content (AvgIpc) is 2.26. The van der Waals surface area contributed by atoms with E-state index in [9.17, 15) is 4.39 Å². The molecule has 0 saturated carbocycles. The Morgan fingerprint density at radius 1 is 1.40 bits per heavy atom. The van der Waals surface area contributed by atoms with E-state index in [4.69, 9.17) is 4.74 Å². The first-order valence-electron chi connectivity index (χ1n) is 4.84. The molecule has 0 unspecified atom stereocenters. The first-order chi connectivity index (χ1) is 7.29. The van der Waals surface area contributed by atoms with E-state index in [-0.39, 0.29) is 18.2 Å². The summed E-state index contributed by atoms with van der Waals surface area (Å²) in [5, 5.41) is 2.75. The van der Waals surface area contributed by atoms with Gasteiger partial charge in [0.15, 0.2) is 11.6 Å². The third kappa shape index (κ3) is 3.17. The predicted octanol–water partition coefficient (Wildman–Crippen LogP) is 2.66. The third-order valence-electron chi connectivity index (χ3n) is 1.83. The number of anilines is 1. The van der Waals surface area contributed by atoms with Crippen molar-refractivity contribution in [1.82, 2.24) is 0 Å². The molecule has 0 aromatic heterocycles. The van der Waals surface area contributed by atoms with Crippen molar-refractivity contribution in [3.8, 4) is 17.6 Å². The van der Waals surface area contributed by atoms with Gasteiger partial charge in [0.1, 0.15) is 6.61 Å². The van der Waals surface area contributed by atoms with E-state index in [1.54, 1.807) is 25.2 Å². The molecule has 0 aliphatic carbocycles. The number of hydrogen-bond donors (Lipinski definition) is 1. The van der Waals surface area contributed by atoms with E-state index in [0.29, 0.717) is 5.69 Å². The molecular weight excluding hydrogens is 193 g/mol. The molecule has 1 aromatic carbocycles. The van der Waals surface area contributed by atoms with Crippen LogP contribution in [0.1, 0.15) is 13.3 Å². The number of nitrogens with one attached hydrogen (secondary N) is 1. The molecule has 1 aromatic rings. The molecule has 0 spiro atoms. The Balaban J connectivity index is 2.69. The van der Waals surface area contributed by atoms with Crippen LogP contribution in [0.4, 0.5) is 10.1 Å². The summed E-state index contributed by atoms with van der Waals surface area (Å²) >= 11 is 0. The highest BCUT2D eigenvalue weighted by Crippen LogP contribution is 2.23. The van der Waals surface area contributed by atoms with Crippen LogP contribution in [0.15, 0.2) is 18.2 Å². The number of rotatable bonds is 3. The normalized spacial score (nSPS) is 9.00. The summed E-state index contributed by atoms with van der Waals surface area (Å²) in [6.45, 7) is 2.17. The van der Waals surface area contributed by atoms with E-state index < -0.39 is 0 Å². The largest absolute Gasteiger partial charge is 0.478 e. The second kappa shape index (κ2) is 5.92. The van der Waals surface area contributed by atoms with E-state index >= 15 is 0 Å². The lowest BCUT2D eigenvalue weighted by molar-refractivity contribution is 0.349. The van der Waals surface area contributed by atoms with E-state index in [2.05, 4.69) is 17.2 Å². The summed E-state index contributed by atoms with van der Waals surface area (Å²) in [6.07, 6.45) is 0.780. The van der Waals surface area contributed by atoms with E-state index in [1.807, 2.05) is 6.92 Å². The van der Waals surface area contributed by atoms with Gasteiger partial charge >= 0.3 is 0 Å². The second-order valence-corrected chi connectivity index (χ2v) is 2.86. The van der Waals surface area contributed by atoms with Gasteiger partial charge in [-0.2, -0.15) is 0 Å². The monoisotopic (exact) mass is 207 g/mol. The maximum Gasteiger partial charge on any atom is 0.188 e. The fourth-order valence-electron chi connectivity index (χ4n) is 1.11. The van der Waals surface area contributed by atoms with Crippen LogP contribution in [-0.2, 0) is 0 Å². The summed E-state index contributed by atoms with van der Waals surface area (Å²) in [7, 11) is 1.67. The Bertz CT molecular complexity index is 379. The van der Waals surface area contributed by atoms with Crippen molar-refractivity contribution in [1.29, 1.82) is 0 Å². The van der Waals surface area contributed by atoms with Gasteiger partial charge < -0.3 is 10.1 Å². The van der Waals surface area contributed by atoms with Crippen molar-refractivity contribution in [2.45, 2.75) is 13.3 Å². The van der Waals surface area contributed by atoms with Gasteiger partial charge in [-0.05, 0) is 12.1 Å². The quantitative estimate of drug-likeness (QED) is 0.769.